The molecule has 0 amide bonds. The van der Waals surface area contributed by atoms with Gasteiger partial charge in [0.1, 0.15) is 12.3 Å². The normalized spacial score (nSPS) is 11.4. The van der Waals surface area contributed by atoms with E-state index in [0.717, 1.165) is 11.3 Å². The van der Waals surface area contributed by atoms with Gasteiger partial charge in [0.25, 0.3) is 0 Å². The maximum absolute atomic E-state index is 5.96. The number of nitrogens with two attached hydrogens (primary N) is 1. The van der Waals surface area contributed by atoms with E-state index < -0.39 is 0 Å². The minimum absolute atomic E-state index is 0.154. The number of ether oxygens (including phenoxy) is 1. The Bertz CT molecular complexity index is 894. The number of nitrogens with zero attached hydrogens (tertiary/aromatic N) is 3. The summed E-state index contributed by atoms with van der Waals surface area (Å²) in [5, 5.41) is 7.50. The van der Waals surface area contributed by atoms with Gasteiger partial charge in [-0.1, -0.05) is 41.0 Å². The van der Waals surface area contributed by atoms with E-state index in [1.165, 1.54) is 0 Å². The Morgan fingerprint density at radius 1 is 1.28 bits per heavy atom. The monoisotopic (exact) mass is 357 g/mol. The van der Waals surface area contributed by atoms with Crippen LogP contribution in [0.2, 0.25) is 5.02 Å². The molecule has 3 aromatic rings. The number of rotatable bonds is 5. The molecule has 1 aromatic heterocycles. The number of hydrogen-bond donors (Lipinski definition) is 2. The number of halogens is 1. The van der Waals surface area contributed by atoms with Crippen LogP contribution >= 0.6 is 11.6 Å². The van der Waals surface area contributed by atoms with Crippen molar-refractivity contribution in [1.82, 2.24) is 10.1 Å². The molecule has 8 heteroatoms. The molecule has 0 saturated heterocycles. The van der Waals surface area contributed by atoms with Crippen molar-refractivity contribution in [3.63, 3.8) is 0 Å². The Labute approximate surface area is 149 Å². The van der Waals surface area contributed by atoms with Crippen LogP contribution in [0.5, 0.6) is 5.75 Å². The average molecular weight is 358 g/mol. The number of hydrogen-bond acceptors (Lipinski definition) is 5. The molecule has 0 unspecified atom stereocenters. The maximum atomic E-state index is 5.96. The largest absolute Gasteiger partial charge is 0.495 e. The Morgan fingerprint density at radius 3 is 2.92 bits per heavy atom. The molecular weight excluding hydrogens is 342 g/mol. The van der Waals surface area contributed by atoms with E-state index in [1.807, 2.05) is 36.4 Å². The summed E-state index contributed by atoms with van der Waals surface area (Å²) >= 11 is 5.96. The minimum atomic E-state index is 0.154. The van der Waals surface area contributed by atoms with Crippen LogP contribution in [0.3, 0.4) is 0 Å². The lowest BCUT2D eigenvalue weighted by Crippen LogP contribution is -2.22. The van der Waals surface area contributed by atoms with Gasteiger partial charge in [-0.15, -0.1) is 0 Å². The van der Waals surface area contributed by atoms with Gasteiger partial charge in [-0.05, 0) is 24.3 Å². The molecule has 0 bridgehead atoms. The van der Waals surface area contributed by atoms with Crippen LogP contribution in [0.15, 0.2) is 58.0 Å². The maximum Gasteiger partial charge on any atom is 0.248 e. The number of para-hydroxylation sites is 2. The molecular formula is C17H16ClN5O2. The van der Waals surface area contributed by atoms with E-state index in [4.69, 9.17) is 26.6 Å². The molecule has 128 valence electrons. The number of guanidine groups is 1. The highest BCUT2D eigenvalue weighted by Gasteiger charge is 2.09. The Balaban J connectivity index is 1.67. The molecule has 7 nitrogen and oxygen atoms in total. The van der Waals surface area contributed by atoms with E-state index in [0.29, 0.717) is 22.5 Å². The Hall–Kier alpha value is -3.06. The molecule has 0 fully saturated rings. The van der Waals surface area contributed by atoms with Crippen LogP contribution in [-0.2, 0) is 6.54 Å². The van der Waals surface area contributed by atoms with Gasteiger partial charge in [-0.25, -0.2) is 4.99 Å². The van der Waals surface area contributed by atoms with Crippen molar-refractivity contribution in [2.24, 2.45) is 10.7 Å². The van der Waals surface area contributed by atoms with Gasteiger partial charge >= 0.3 is 0 Å². The number of aromatic nitrogens is 2. The van der Waals surface area contributed by atoms with Gasteiger partial charge in [0, 0.05) is 10.6 Å². The predicted molar refractivity (Wildman–Crippen MR) is 96.7 cm³/mol. The van der Waals surface area contributed by atoms with Crippen molar-refractivity contribution >= 4 is 23.2 Å². The summed E-state index contributed by atoms with van der Waals surface area (Å²) in [4.78, 5) is 8.48. The van der Waals surface area contributed by atoms with Gasteiger partial charge in [0.15, 0.2) is 5.96 Å². The van der Waals surface area contributed by atoms with Crippen molar-refractivity contribution in [2.75, 3.05) is 12.4 Å². The summed E-state index contributed by atoms with van der Waals surface area (Å²) in [6.07, 6.45) is 0. The first kappa shape index (κ1) is 16.8. The topological polar surface area (TPSA) is 98.6 Å². The summed E-state index contributed by atoms with van der Waals surface area (Å²) in [7, 11) is 1.59. The molecule has 0 aliphatic carbocycles. The van der Waals surface area contributed by atoms with Gasteiger partial charge in [-0.2, -0.15) is 4.98 Å². The summed E-state index contributed by atoms with van der Waals surface area (Å²) in [6.45, 7) is 0.154. The number of methoxy groups -OCH3 is 1. The molecule has 3 N–H and O–H groups in total. The van der Waals surface area contributed by atoms with Gasteiger partial charge in [-0.3, -0.25) is 0 Å². The Kier molecular flexibility index (Phi) is 5.15. The van der Waals surface area contributed by atoms with Gasteiger partial charge < -0.3 is 20.3 Å². The van der Waals surface area contributed by atoms with Crippen LogP contribution in [0.4, 0.5) is 5.69 Å². The average Bonchev–Trinajstić information content (AvgIpc) is 3.09. The van der Waals surface area contributed by atoms with Crippen molar-refractivity contribution in [3.05, 3.63) is 59.4 Å². The van der Waals surface area contributed by atoms with Crippen molar-refractivity contribution in [1.29, 1.82) is 0 Å². The third-order valence-electron chi connectivity index (χ3n) is 3.31. The Morgan fingerprint density at radius 2 is 2.12 bits per heavy atom. The molecule has 0 aliphatic rings. The van der Waals surface area contributed by atoms with Crippen molar-refractivity contribution in [2.45, 2.75) is 6.54 Å². The number of nitrogens with one attached hydrogen (secondary N) is 1. The van der Waals surface area contributed by atoms with E-state index >= 15 is 0 Å². The quantitative estimate of drug-likeness (QED) is 0.537. The standard InChI is InChI=1S/C17H16ClN5O2/c1-24-14-8-3-2-7-13(14)21-17(19)20-10-15-22-16(23-25-15)11-5-4-6-12(18)9-11/h2-9H,10H2,1H3,(H3,19,20,21). The second kappa shape index (κ2) is 7.67. The zero-order valence-electron chi connectivity index (χ0n) is 13.4. The van der Waals surface area contributed by atoms with Crippen LogP contribution in [-0.4, -0.2) is 23.2 Å². The van der Waals surface area contributed by atoms with Crippen molar-refractivity contribution < 1.29 is 9.26 Å². The lowest BCUT2D eigenvalue weighted by atomic mass is 10.2. The van der Waals surface area contributed by atoms with E-state index in [9.17, 15) is 0 Å². The second-order valence-corrected chi connectivity index (χ2v) is 5.49. The lowest BCUT2D eigenvalue weighted by Gasteiger charge is -2.09. The fourth-order valence-electron chi connectivity index (χ4n) is 2.14. The molecule has 1 heterocycles. The summed E-state index contributed by atoms with van der Waals surface area (Å²) in [5.74, 6) is 1.68. The fraction of sp³-hybridized carbons (Fsp3) is 0.118. The first-order valence-corrected chi connectivity index (χ1v) is 7.82. The molecule has 0 aliphatic heterocycles. The number of anilines is 1. The molecule has 2 aromatic carbocycles. The zero-order chi connectivity index (χ0) is 17.6. The van der Waals surface area contributed by atoms with Gasteiger partial charge in [0.2, 0.25) is 11.7 Å². The van der Waals surface area contributed by atoms with E-state index in [1.54, 1.807) is 19.2 Å². The van der Waals surface area contributed by atoms with E-state index in [2.05, 4.69) is 20.4 Å². The lowest BCUT2D eigenvalue weighted by molar-refractivity contribution is 0.381. The molecule has 0 spiro atoms. The van der Waals surface area contributed by atoms with Crippen LogP contribution < -0.4 is 15.8 Å². The summed E-state index contributed by atoms with van der Waals surface area (Å²) in [6, 6.07) is 14.6. The fourth-order valence-corrected chi connectivity index (χ4v) is 2.33. The second-order valence-electron chi connectivity index (χ2n) is 5.05. The third kappa shape index (κ3) is 4.27. The van der Waals surface area contributed by atoms with Crippen LogP contribution in [0, 0.1) is 0 Å². The molecule has 0 saturated carbocycles. The van der Waals surface area contributed by atoms with Gasteiger partial charge in [0.05, 0.1) is 12.8 Å². The molecule has 0 radical (unpaired) electrons. The minimum Gasteiger partial charge on any atom is -0.495 e. The molecule has 3 rings (SSSR count). The highest BCUT2D eigenvalue weighted by Crippen LogP contribution is 2.23. The van der Waals surface area contributed by atoms with Crippen molar-refractivity contribution in [3.8, 4) is 17.1 Å². The number of aliphatic imine (C=N–C) groups is 1. The first-order valence-electron chi connectivity index (χ1n) is 7.44. The molecule has 0 atom stereocenters. The van der Waals surface area contributed by atoms with E-state index in [-0.39, 0.29) is 12.5 Å². The zero-order valence-corrected chi connectivity index (χ0v) is 14.2. The summed E-state index contributed by atoms with van der Waals surface area (Å²) < 4.78 is 10.4. The van der Waals surface area contributed by atoms with Crippen LogP contribution in [0.1, 0.15) is 5.89 Å². The first-order chi connectivity index (χ1) is 12.2. The highest BCUT2D eigenvalue weighted by molar-refractivity contribution is 6.30. The third-order valence-corrected chi connectivity index (χ3v) is 3.54. The highest BCUT2D eigenvalue weighted by atomic mass is 35.5. The SMILES string of the molecule is COc1ccccc1NC(N)=NCc1nc(-c2cccc(Cl)c2)no1. The van der Waals surface area contributed by atoms with Crippen LogP contribution in [0.25, 0.3) is 11.4 Å². The molecule has 25 heavy (non-hydrogen) atoms. The number of benzene rings is 2. The smallest absolute Gasteiger partial charge is 0.248 e. The predicted octanol–water partition coefficient (Wildman–Crippen LogP) is 3.33. The summed E-state index contributed by atoms with van der Waals surface area (Å²) in [5.41, 5.74) is 7.38.